The SMILES string of the molecule is COc1ccc(S(=O)(=O)N(Cc2ccccc2)C2CC(=O)N(c3ccccc3)C2=O)cc1. The third kappa shape index (κ3) is 4.15. The Morgan fingerprint density at radius 2 is 1.50 bits per heavy atom. The molecule has 0 spiro atoms. The van der Waals surface area contributed by atoms with Crippen LogP contribution in [0.4, 0.5) is 5.69 Å². The van der Waals surface area contributed by atoms with Crippen LogP contribution >= 0.6 is 0 Å². The monoisotopic (exact) mass is 450 g/mol. The average Bonchev–Trinajstić information content (AvgIpc) is 3.12. The van der Waals surface area contributed by atoms with E-state index >= 15 is 0 Å². The number of methoxy groups -OCH3 is 1. The Hall–Kier alpha value is -3.49. The summed E-state index contributed by atoms with van der Waals surface area (Å²) >= 11 is 0. The number of benzene rings is 3. The summed E-state index contributed by atoms with van der Waals surface area (Å²) in [6.07, 6.45) is -0.226. The van der Waals surface area contributed by atoms with E-state index < -0.39 is 27.9 Å². The summed E-state index contributed by atoms with van der Waals surface area (Å²) in [6.45, 7) is -0.0402. The van der Waals surface area contributed by atoms with Crippen LogP contribution in [-0.4, -0.2) is 37.7 Å². The first-order valence-electron chi connectivity index (χ1n) is 10.0. The van der Waals surface area contributed by atoms with E-state index in [2.05, 4.69) is 0 Å². The van der Waals surface area contributed by atoms with E-state index in [9.17, 15) is 18.0 Å². The molecule has 1 aliphatic rings. The lowest BCUT2D eigenvalue weighted by molar-refractivity contribution is -0.122. The van der Waals surface area contributed by atoms with Crippen molar-refractivity contribution in [2.75, 3.05) is 12.0 Å². The maximum absolute atomic E-state index is 13.6. The molecule has 1 atom stereocenters. The van der Waals surface area contributed by atoms with Gasteiger partial charge in [0.1, 0.15) is 11.8 Å². The van der Waals surface area contributed by atoms with Gasteiger partial charge >= 0.3 is 0 Å². The molecule has 1 aliphatic heterocycles. The number of hydrogen-bond donors (Lipinski definition) is 0. The van der Waals surface area contributed by atoms with Crippen molar-refractivity contribution in [1.29, 1.82) is 0 Å². The lowest BCUT2D eigenvalue weighted by Crippen LogP contribution is -2.45. The Morgan fingerprint density at radius 1 is 0.906 bits per heavy atom. The van der Waals surface area contributed by atoms with Crippen LogP contribution in [0.5, 0.6) is 5.75 Å². The zero-order valence-corrected chi connectivity index (χ0v) is 18.2. The minimum atomic E-state index is -4.09. The van der Waals surface area contributed by atoms with Gasteiger partial charge in [-0.15, -0.1) is 0 Å². The van der Waals surface area contributed by atoms with Crippen LogP contribution in [0.3, 0.4) is 0 Å². The normalized spacial score (nSPS) is 16.6. The highest BCUT2D eigenvalue weighted by atomic mass is 32.2. The zero-order valence-electron chi connectivity index (χ0n) is 17.4. The largest absolute Gasteiger partial charge is 0.497 e. The van der Waals surface area contributed by atoms with Crippen molar-refractivity contribution in [2.24, 2.45) is 0 Å². The second-order valence-electron chi connectivity index (χ2n) is 7.33. The molecule has 0 radical (unpaired) electrons. The number of carbonyl (C=O) groups excluding carboxylic acids is 2. The molecular formula is C24H22N2O5S. The van der Waals surface area contributed by atoms with Crippen molar-refractivity contribution < 1.29 is 22.7 Å². The van der Waals surface area contributed by atoms with Crippen molar-refractivity contribution in [3.8, 4) is 5.75 Å². The number of amides is 2. The summed E-state index contributed by atoms with van der Waals surface area (Å²) in [5.41, 5.74) is 1.13. The van der Waals surface area contributed by atoms with Crippen LogP contribution < -0.4 is 9.64 Å². The van der Waals surface area contributed by atoms with E-state index in [-0.39, 0.29) is 17.9 Å². The molecule has 0 aromatic heterocycles. The van der Waals surface area contributed by atoms with E-state index in [1.165, 1.54) is 19.2 Å². The molecule has 0 aliphatic carbocycles. The lowest BCUT2D eigenvalue weighted by Gasteiger charge is -2.27. The molecule has 0 saturated carbocycles. The summed E-state index contributed by atoms with van der Waals surface area (Å²) in [5, 5.41) is 0. The molecule has 4 rings (SSSR count). The first kappa shape index (κ1) is 21.7. The molecule has 1 fully saturated rings. The summed E-state index contributed by atoms with van der Waals surface area (Å²) < 4.78 is 33.5. The summed E-state index contributed by atoms with van der Waals surface area (Å²) in [4.78, 5) is 27.2. The molecule has 2 amide bonds. The van der Waals surface area contributed by atoms with Gasteiger partial charge in [0.15, 0.2) is 0 Å². The Bertz CT molecular complexity index is 1210. The molecule has 3 aromatic rings. The molecule has 32 heavy (non-hydrogen) atoms. The van der Waals surface area contributed by atoms with Gasteiger partial charge in [-0.1, -0.05) is 48.5 Å². The van der Waals surface area contributed by atoms with Gasteiger partial charge in [-0.25, -0.2) is 13.3 Å². The van der Waals surface area contributed by atoms with Crippen molar-refractivity contribution >= 4 is 27.5 Å². The van der Waals surface area contributed by atoms with E-state index in [1.807, 2.05) is 6.07 Å². The Labute approximate surface area is 186 Å². The molecule has 3 aromatic carbocycles. The van der Waals surface area contributed by atoms with Gasteiger partial charge in [-0.2, -0.15) is 4.31 Å². The standard InChI is InChI=1S/C24H22N2O5S/c1-31-20-12-14-21(15-13-20)32(29,30)25(17-18-8-4-2-5-9-18)22-16-23(27)26(24(22)28)19-10-6-3-7-11-19/h2-15,22H,16-17H2,1H3. The first-order chi connectivity index (χ1) is 15.4. The Balaban J connectivity index is 1.74. The van der Waals surface area contributed by atoms with Gasteiger partial charge in [-0.05, 0) is 42.0 Å². The average molecular weight is 451 g/mol. The molecular weight excluding hydrogens is 428 g/mol. The van der Waals surface area contributed by atoms with Gasteiger partial charge in [0, 0.05) is 6.54 Å². The highest BCUT2D eigenvalue weighted by Gasteiger charge is 2.46. The number of ether oxygens (including phenoxy) is 1. The topological polar surface area (TPSA) is 84.0 Å². The number of rotatable bonds is 7. The van der Waals surface area contributed by atoms with E-state index in [4.69, 9.17) is 4.74 Å². The minimum Gasteiger partial charge on any atom is -0.497 e. The number of nitrogens with zero attached hydrogens (tertiary/aromatic N) is 2. The number of sulfonamides is 1. The molecule has 0 N–H and O–H groups in total. The van der Waals surface area contributed by atoms with Gasteiger partial charge in [-0.3, -0.25) is 9.59 Å². The molecule has 1 unspecified atom stereocenters. The molecule has 1 saturated heterocycles. The minimum absolute atomic E-state index is 0.0210. The summed E-state index contributed by atoms with van der Waals surface area (Å²) in [5.74, 6) is -0.482. The Morgan fingerprint density at radius 3 is 2.09 bits per heavy atom. The van der Waals surface area contributed by atoms with E-state index in [0.29, 0.717) is 17.0 Å². The second kappa shape index (κ2) is 8.94. The fourth-order valence-electron chi connectivity index (χ4n) is 3.70. The summed E-state index contributed by atoms with van der Waals surface area (Å²) in [6, 6.07) is 22.3. The smallest absolute Gasteiger partial charge is 0.252 e. The number of anilines is 1. The van der Waals surface area contributed by atoms with E-state index in [1.54, 1.807) is 66.7 Å². The van der Waals surface area contributed by atoms with Crippen molar-refractivity contribution in [2.45, 2.75) is 23.9 Å². The second-order valence-corrected chi connectivity index (χ2v) is 9.22. The number of para-hydroxylation sites is 1. The van der Waals surface area contributed by atoms with E-state index in [0.717, 1.165) is 9.21 Å². The highest BCUT2D eigenvalue weighted by Crippen LogP contribution is 2.31. The molecule has 0 bridgehead atoms. The fourth-order valence-corrected chi connectivity index (χ4v) is 5.27. The number of carbonyl (C=O) groups is 2. The maximum Gasteiger partial charge on any atom is 0.252 e. The van der Waals surface area contributed by atoms with Crippen LogP contribution in [0.1, 0.15) is 12.0 Å². The lowest BCUT2D eigenvalue weighted by atomic mass is 10.2. The fraction of sp³-hybridized carbons (Fsp3) is 0.167. The predicted octanol–water partition coefficient (Wildman–Crippen LogP) is 3.22. The third-order valence-corrected chi connectivity index (χ3v) is 7.20. The van der Waals surface area contributed by atoms with Gasteiger partial charge < -0.3 is 4.74 Å². The van der Waals surface area contributed by atoms with Crippen LogP contribution in [0.2, 0.25) is 0 Å². The van der Waals surface area contributed by atoms with Crippen LogP contribution in [0.15, 0.2) is 89.8 Å². The molecule has 1 heterocycles. The van der Waals surface area contributed by atoms with Crippen LogP contribution in [0.25, 0.3) is 0 Å². The van der Waals surface area contributed by atoms with Crippen LogP contribution in [-0.2, 0) is 26.2 Å². The quantitative estimate of drug-likeness (QED) is 0.516. The van der Waals surface area contributed by atoms with Crippen LogP contribution in [0, 0.1) is 0 Å². The third-order valence-electron chi connectivity index (χ3n) is 5.33. The predicted molar refractivity (Wildman–Crippen MR) is 120 cm³/mol. The van der Waals surface area contributed by atoms with Gasteiger partial charge in [0.25, 0.3) is 5.91 Å². The van der Waals surface area contributed by atoms with Gasteiger partial charge in [0.05, 0.1) is 24.1 Å². The maximum atomic E-state index is 13.6. The zero-order chi connectivity index (χ0) is 22.7. The Kier molecular flexibility index (Phi) is 6.07. The molecule has 8 heteroatoms. The molecule has 164 valence electrons. The van der Waals surface area contributed by atoms with Gasteiger partial charge in [0.2, 0.25) is 15.9 Å². The van der Waals surface area contributed by atoms with Crippen molar-refractivity contribution in [1.82, 2.24) is 4.31 Å². The van der Waals surface area contributed by atoms with Crippen molar-refractivity contribution in [3.05, 3.63) is 90.5 Å². The summed E-state index contributed by atoms with van der Waals surface area (Å²) in [7, 11) is -2.60. The number of hydrogen-bond acceptors (Lipinski definition) is 5. The van der Waals surface area contributed by atoms with Crippen molar-refractivity contribution in [3.63, 3.8) is 0 Å². The number of imide groups is 1. The first-order valence-corrected chi connectivity index (χ1v) is 11.5. The highest BCUT2D eigenvalue weighted by molar-refractivity contribution is 7.89. The molecule has 7 nitrogen and oxygen atoms in total.